The number of aromatic nitrogens is 1. The lowest BCUT2D eigenvalue weighted by atomic mass is 10.2. The average Bonchev–Trinajstić information content (AvgIpc) is 2.40. The van der Waals surface area contributed by atoms with E-state index in [1.54, 1.807) is 13.0 Å². The molecule has 1 rings (SSSR count). The van der Waals surface area contributed by atoms with Crippen LogP contribution in [0.4, 0.5) is 5.69 Å². The fraction of sp³-hybridized carbons (Fsp3) is 0.417. The Balaban J connectivity index is 2.68. The summed E-state index contributed by atoms with van der Waals surface area (Å²) in [6.45, 7) is 2.01. The zero-order chi connectivity index (χ0) is 14.3. The fourth-order valence-corrected chi connectivity index (χ4v) is 2.06. The quantitative estimate of drug-likeness (QED) is 0.625. The standard InChI is InChI=1S/C12H16N2O4S/c1-3-18-12(16)8-6-10(14-7-9(8)13)19-5-4-11(15)17-2/h6-7H,3-5,13H2,1-2H3. The Labute approximate surface area is 115 Å². The summed E-state index contributed by atoms with van der Waals surface area (Å²) in [7, 11) is 1.34. The number of ether oxygens (including phenoxy) is 2. The first kappa shape index (κ1) is 15.3. The van der Waals surface area contributed by atoms with Crippen molar-refractivity contribution in [3.8, 4) is 0 Å². The topological polar surface area (TPSA) is 91.5 Å². The highest BCUT2D eigenvalue weighted by Gasteiger charge is 2.13. The Morgan fingerprint density at radius 3 is 2.84 bits per heavy atom. The van der Waals surface area contributed by atoms with Crippen LogP contribution >= 0.6 is 11.8 Å². The van der Waals surface area contributed by atoms with Gasteiger partial charge in [0.25, 0.3) is 0 Å². The molecule has 1 aromatic rings. The molecule has 0 atom stereocenters. The maximum Gasteiger partial charge on any atom is 0.340 e. The summed E-state index contributed by atoms with van der Waals surface area (Å²) < 4.78 is 9.43. The van der Waals surface area contributed by atoms with Crippen LogP contribution in [0.15, 0.2) is 17.3 Å². The van der Waals surface area contributed by atoms with Crippen LogP contribution in [0.2, 0.25) is 0 Å². The number of hydrogen-bond donors (Lipinski definition) is 1. The highest BCUT2D eigenvalue weighted by molar-refractivity contribution is 7.99. The lowest BCUT2D eigenvalue weighted by Gasteiger charge is -2.07. The van der Waals surface area contributed by atoms with Gasteiger partial charge in [0.05, 0.1) is 42.6 Å². The number of carbonyl (C=O) groups is 2. The minimum Gasteiger partial charge on any atom is -0.469 e. The molecule has 104 valence electrons. The minimum absolute atomic E-state index is 0.274. The van der Waals surface area contributed by atoms with Gasteiger partial charge in [-0.25, -0.2) is 9.78 Å². The van der Waals surface area contributed by atoms with E-state index in [-0.39, 0.29) is 30.2 Å². The van der Waals surface area contributed by atoms with Gasteiger partial charge < -0.3 is 15.2 Å². The SMILES string of the molecule is CCOC(=O)c1cc(SCCC(=O)OC)ncc1N. The van der Waals surface area contributed by atoms with Gasteiger partial charge in [-0.3, -0.25) is 4.79 Å². The highest BCUT2D eigenvalue weighted by atomic mass is 32.2. The number of rotatable bonds is 6. The predicted octanol–water partition coefficient (Wildman–Crippen LogP) is 1.50. The van der Waals surface area contributed by atoms with Gasteiger partial charge in [0.15, 0.2) is 0 Å². The van der Waals surface area contributed by atoms with Crippen molar-refractivity contribution in [3.05, 3.63) is 17.8 Å². The molecule has 6 nitrogen and oxygen atoms in total. The molecule has 0 amide bonds. The zero-order valence-corrected chi connectivity index (χ0v) is 11.7. The number of methoxy groups -OCH3 is 1. The van der Waals surface area contributed by atoms with Gasteiger partial charge in [0.1, 0.15) is 0 Å². The summed E-state index contributed by atoms with van der Waals surface area (Å²) in [5, 5.41) is 0.612. The van der Waals surface area contributed by atoms with Gasteiger partial charge in [-0.05, 0) is 13.0 Å². The van der Waals surface area contributed by atoms with Crippen LogP contribution < -0.4 is 5.73 Å². The van der Waals surface area contributed by atoms with Crippen LogP contribution in [0.3, 0.4) is 0 Å². The number of pyridine rings is 1. The molecule has 0 spiro atoms. The number of esters is 2. The molecule has 0 aliphatic carbocycles. The largest absolute Gasteiger partial charge is 0.469 e. The molecule has 0 aromatic carbocycles. The number of nitrogens with two attached hydrogens (primary N) is 1. The highest BCUT2D eigenvalue weighted by Crippen LogP contribution is 2.21. The molecule has 1 aromatic heterocycles. The summed E-state index contributed by atoms with van der Waals surface area (Å²) >= 11 is 1.35. The second-order valence-electron chi connectivity index (χ2n) is 3.50. The second-order valence-corrected chi connectivity index (χ2v) is 4.62. The molecule has 0 saturated carbocycles. The number of nitrogens with zero attached hydrogens (tertiary/aromatic N) is 1. The van der Waals surface area contributed by atoms with Crippen LogP contribution in [-0.2, 0) is 14.3 Å². The smallest absolute Gasteiger partial charge is 0.340 e. The first-order valence-electron chi connectivity index (χ1n) is 5.70. The number of thioether (sulfide) groups is 1. The van der Waals surface area contributed by atoms with E-state index in [1.807, 2.05) is 0 Å². The third-order valence-electron chi connectivity index (χ3n) is 2.19. The Bertz CT molecular complexity index is 465. The van der Waals surface area contributed by atoms with E-state index >= 15 is 0 Å². The summed E-state index contributed by atoms with van der Waals surface area (Å²) in [6.07, 6.45) is 1.69. The van der Waals surface area contributed by atoms with Crippen molar-refractivity contribution in [1.82, 2.24) is 4.98 Å². The minimum atomic E-state index is -0.475. The molecule has 7 heteroatoms. The fourth-order valence-electron chi connectivity index (χ4n) is 1.25. The van der Waals surface area contributed by atoms with Crippen LogP contribution in [0.25, 0.3) is 0 Å². The molecule has 1 heterocycles. The van der Waals surface area contributed by atoms with Gasteiger partial charge in [-0.15, -0.1) is 11.8 Å². The molecular weight excluding hydrogens is 268 g/mol. The van der Waals surface area contributed by atoms with Crippen molar-refractivity contribution in [2.45, 2.75) is 18.4 Å². The van der Waals surface area contributed by atoms with Gasteiger partial charge >= 0.3 is 11.9 Å². The maximum absolute atomic E-state index is 11.6. The van der Waals surface area contributed by atoms with Gasteiger partial charge in [0.2, 0.25) is 0 Å². The maximum atomic E-state index is 11.6. The second kappa shape index (κ2) is 7.63. The number of hydrogen-bond acceptors (Lipinski definition) is 7. The predicted molar refractivity (Wildman–Crippen MR) is 72.0 cm³/mol. The van der Waals surface area contributed by atoms with Crippen LogP contribution in [0.5, 0.6) is 0 Å². The van der Waals surface area contributed by atoms with Gasteiger partial charge in [0, 0.05) is 5.75 Å². The summed E-state index contributed by atoms with van der Waals surface area (Å²) in [6, 6.07) is 1.56. The monoisotopic (exact) mass is 284 g/mol. The third kappa shape index (κ3) is 4.78. The van der Waals surface area contributed by atoms with E-state index < -0.39 is 5.97 Å². The summed E-state index contributed by atoms with van der Waals surface area (Å²) in [4.78, 5) is 26.7. The van der Waals surface area contributed by atoms with E-state index in [1.165, 1.54) is 25.1 Å². The zero-order valence-electron chi connectivity index (χ0n) is 10.8. The molecule has 0 saturated heterocycles. The van der Waals surface area contributed by atoms with Crippen LogP contribution in [0, 0.1) is 0 Å². The average molecular weight is 284 g/mol. The molecular formula is C12H16N2O4S. The first-order chi connectivity index (χ1) is 9.08. The Hall–Kier alpha value is -1.76. The van der Waals surface area contributed by atoms with E-state index in [2.05, 4.69) is 9.72 Å². The molecule has 0 radical (unpaired) electrons. The molecule has 0 unspecified atom stereocenters. The van der Waals surface area contributed by atoms with Crippen molar-refractivity contribution < 1.29 is 19.1 Å². The molecule has 2 N–H and O–H groups in total. The third-order valence-corrected chi connectivity index (χ3v) is 3.12. The molecule has 19 heavy (non-hydrogen) atoms. The molecule has 0 bridgehead atoms. The van der Waals surface area contributed by atoms with Crippen molar-refractivity contribution >= 4 is 29.4 Å². The molecule has 0 fully saturated rings. The molecule has 0 aliphatic rings. The Morgan fingerprint density at radius 2 is 2.21 bits per heavy atom. The van der Waals surface area contributed by atoms with Crippen molar-refractivity contribution in [2.24, 2.45) is 0 Å². The Kier molecular flexibility index (Phi) is 6.14. The van der Waals surface area contributed by atoms with Crippen molar-refractivity contribution in [3.63, 3.8) is 0 Å². The number of nitrogen functional groups attached to an aromatic ring is 1. The van der Waals surface area contributed by atoms with Crippen molar-refractivity contribution in [1.29, 1.82) is 0 Å². The first-order valence-corrected chi connectivity index (χ1v) is 6.69. The normalized spacial score (nSPS) is 10.0. The summed E-state index contributed by atoms with van der Waals surface area (Å²) in [5.41, 5.74) is 6.24. The van der Waals surface area contributed by atoms with E-state index in [0.29, 0.717) is 10.8 Å². The van der Waals surface area contributed by atoms with Gasteiger partial charge in [-0.1, -0.05) is 0 Å². The number of anilines is 1. The lowest BCUT2D eigenvalue weighted by molar-refractivity contribution is -0.140. The lowest BCUT2D eigenvalue weighted by Crippen LogP contribution is -2.09. The van der Waals surface area contributed by atoms with Crippen LogP contribution in [-0.4, -0.2) is 36.4 Å². The van der Waals surface area contributed by atoms with E-state index in [9.17, 15) is 9.59 Å². The van der Waals surface area contributed by atoms with Crippen LogP contribution in [0.1, 0.15) is 23.7 Å². The Morgan fingerprint density at radius 1 is 1.47 bits per heavy atom. The van der Waals surface area contributed by atoms with Crippen molar-refractivity contribution in [2.75, 3.05) is 25.2 Å². The number of carbonyl (C=O) groups excluding carboxylic acids is 2. The van der Waals surface area contributed by atoms with Gasteiger partial charge in [-0.2, -0.15) is 0 Å². The van der Waals surface area contributed by atoms with E-state index in [0.717, 1.165) is 0 Å². The molecule has 0 aliphatic heterocycles. The van der Waals surface area contributed by atoms with E-state index in [4.69, 9.17) is 10.5 Å². The summed E-state index contributed by atoms with van der Waals surface area (Å²) in [5.74, 6) is -0.239.